The third kappa shape index (κ3) is 8.96. The summed E-state index contributed by atoms with van der Waals surface area (Å²) >= 11 is 0. The molecule has 3 aromatic rings. The van der Waals surface area contributed by atoms with Crippen LogP contribution in [0.15, 0.2) is 79.0 Å². The molecule has 1 aliphatic heterocycles. The average Bonchev–Trinajstić information content (AvgIpc) is 2.92. The van der Waals surface area contributed by atoms with Crippen LogP contribution in [0.2, 0.25) is 0 Å². The third-order valence-corrected chi connectivity index (χ3v) is 6.23. The number of fused-ring (bicyclic) bond motifs is 1. The Balaban J connectivity index is 0.000000459. The van der Waals surface area contributed by atoms with Crippen molar-refractivity contribution >= 4 is 34.1 Å². The van der Waals surface area contributed by atoms with Gasteiger partial charge in [-0.3, -0.25) is 4.90 Å². The molecule has 2 heterocycles. The molecule has 206 valence electrons. The number of benzene rings is 2. The highest BCUT2D eigenvalue weighted by atomic mass is 19.4. The van der Waals surface area contributed by atoms with Crippen LogP contribution in [0.1, 0.15) is 24.0 Å². The van der Waals surface area contributed by atoms with Gasteiger partial charge in [-0.05, 0) is 46.9 Å². The normalized spacial score (nSPS) is 14.0. The second kappa shape index (κ2) is 13.6. The summed E-state index contributed by atoms with van der Waals surface area (Å²) in [6.07, 6.45) is 2.16. The molecule has 1 aliphatic rings. The lowest BCUT2D eigenvalue weighted by molar-refractivity contribution is -0.137. The van der Waals surface area contributed by atoms with Gasteiger partial charge in [0, 0.05) is 51.6 Å². The maximum atomic E-state index is 12.9. The number of halogens is 3. The number of anilines is 1. The second-order valence-electron chi connectivity index (χ2n) is 8.99. The Labute approximate surface area is 224 Å². The molecule has 0 spiro atoms. The number of rotatable bonds is 8. The number of pyridine rings is 1. The van der Waals surface area contributed by atoms with Gasteiger partial charge < -0.3 is 15.1 Å². The Morgan fingerprint density at radius 1 is 1.05 bits per heavy atom. The summed E-state index contributed by atoms with van der Waals surface area (Å²) < 4.78 is 38.7. The van der Waals surface area contributed by atoms with E-state index in [1.54, 1.807) is 11.9 Å². The standard InChI is InChI=1S/C25H26F3N3.C4H4O4/c1-30(24-18-21(10-13-29-24)25(26,27)28)14-5-15-31-16-11-20(12-17-31)23-9-4-7-19-6-2-3-8-22(19)23;5-3(6)1-2-4(7)8/h2-4,6-11,13,18H,5,12,14-17H2,1H3;1-2H,(H,5,6)(H,7,8). The lowest BCUT2D eigenvalue weighted by Crippen LogP contribution is -2.32. The number of aromatic nitrogens is 1. The fourth-order valence-electron chi connectivity index (χ4n) is 4.26. The van der Waals surface area contributed by atoms with Crippen LogP contribution < -0.4 is 4.90 Å². The minimum Gasteiger partial charge on any atom is -0.478 e. The molecule has 39 heavy (non-hydrogen) atoms. The van der Waals surface area contributed by atoms with E-state index < -0.39 is 23.7 Å². The van der Waals surface area contributed by atoms with Crippen molar-refractivity contribution in [3.63, 3.8) is 0 Å². The van der Waals surface area contributed by atoms with E-state index in [-0.39, 0.29) is 0 Å². The predicted molar refractivity (Wildman–Crippen MR) is 145 cm³/mol. The average molecular weight is 542 g/mol. The van der Waals surface area contributed by atoms with Crippen molar-refractivity contribution in [2.24, 2.45) is 0 Å². The van der Waals surface area contributed by atoms with Gasteiger partial charge in [0.1, 0.15) is 5.82 Å². The molecule has 0 fully saturated rings. The molecular weight excluding hydrogens is 511 g/mol. The Morgan fingerprint density at radius 3 is 2.38 bits per heavy atom. The lowest BCUT2D eigenvalue weighted by atomic mass is 9.94. The Morgan fingerprint density at radius 2 is 1.74 bits per heavy atom. The van der Waals surface area contributed by atoms with Crippen molar-refractivity contribution in [3.05, 3.63) is 90.1 Å². The van der Waals surface area contributed by atoms with Crippen LogP contribution in [-0.4, -0.2) is 65.3 Å². The number of alkyl halides is 3. The molecule has 0 saturated carbocycles. The number of aliphatic carboxylic acids is 2. The van der Waals surface area contributed by atoms with Gasteiger partial charge in [0.15, 0.2) is 0 Å². The van der Waals surface area contributed by atoms with E-state index >= 15 is 0 Å². The van der Waals surface area contributed by atoms with Crippen molar-refractivity contribution in [2.75, 3.05) is 38.1 Å². The highest BCUT2D eigenvalue weighted by Gasteiger charge is 2.31. The Kier molecular flexibility index (Phi) is 10.2. The first kappa shape index (κ1) is 29.4. The van der Waals surface area contributed by atoms with Crippen LogP contribution in [0.25, 0.3) is 16.3 Å². The molecule has 7 nitrogen and oxygen atoms in total. The van der Waals surface area contributed by atoms with Crippen molar-refractivity contribution in [1.82, 2.24) is 9.88 Å². The van der Waals surface area contributed by atoms with Crippen LogP contribution in [0, 0.1) is 0 Å². The number of carbonyl (C=O) groups is 2. The summed E-state index contributed by atoms with van der Waals surface area (Å²) in [5, 5.41) is 18.2. The first-order chi connectivity index (χ1) is 18.5. The smallest absolute Gasteiger partial charge is 0.416 e. The van der Waals surface area contributed by atoms with Gasteiger partial charge in [-0.2, -0.15) is 13.2 Å². The minimum absolute atomic E-state index is 0.353. The van der Waals surface area contributed by atoms with Crippen molar-refractivity contribution in [3.8, 4) is 0 Å². The summed E-state index contributed by atoms with van der Waals surface area (Å²) in [5.74, 6) is -2.16. The Hall–Kier alpha value is -4.18. The van der Waals surface area contributed by atoms with Crippen LogP contribution in [0.3, 0.4) is 0 Å². The van der Waals surface area contributed by atoms with Crippen LogP contribution in [0.5, 0.6) is 0 Å². The topological polar surface area (TPSA) is 94.0 Å². The molecule has 0 saturated heterocycles. The van der Waals surface area contributed by atoms with E-state index in [9.17, 15) is 22.8 Å². The molecule has 4 rings (SSSR count). The van der Waals surface area contributed by atoms with Gasteiger partial charge in [-0.25, -0.2) is 14.6 Å². The molecule has 1 aromatic heterocycles. The quantitative estimate of drug-likeness (QED) is 0.360. The van der Waals surface area contributed by atoms with Gasteiger partial charge in [0.25, 0.3) is 0 Å². The zero-order valence-electron chi connectivity index (χ0n) is 21.4. The number of carboxylic acids is 2. The maximum absolute atomic E-state index is 12.9. The highest BCUT2D eigenvalue weighted by molar-refractivity contribution is 5.94. The summed E-state index contributed by atoms with van der Waals surface area (Å²) in [4.78, 5) is 27.4. The summed E-state index contributed by atoms with van der Waals surface area (Å²) in [6, 6.07) is 17.0. The van der Waals surface area contributed by atoms with Gasteiger partial charge in [-0.15, -0.1) is 0 Å². The first-order valence-corrected chi connectivity index (χ1v) is 12.3. The summed E-state index contributed by atoms with van der Waals surface area (Å²) in [6.45, 7) is 3.44. The first-order valence-electron chi connectivity index (χ1n) is 12.3. The molecule has 0 atom stereocenters. The van der Waals surface area contributed by atoms with Crippen LogP contribution in [-0.2, 0) is 15.8 Å². The summed E-state index contributed by atoms with van der Waals surface area (Å²) in [5.41, 5.74) is 2.04. The fraction of sp³-hybridized carbons (Fsp3) is 0.276. The van der Waals surface area contributed by atoms with Gasteiger partial charge in [0.2, 0.25) is 0 Å². The Bertz CT molecular complexity index is 1330. The van der Waals surface area contributed by atoms with Crippen molar-refractivity contribution in [2.45, 2.75) is 19.0 Å². The maximum Gasteiger partial charge on any atom is 0.416 e. The van der Waals surface area contributed by atoms with Crippen molar-refractivity contribution in [1.29, 1.82) is 0 Å². The van der Waals surface area contributed by atoms with E-state index in [2.05, 4.69) is 58.4 Å². The highest BCUT2D eigenvalue weighted by Crippen LogP contribution is 2.31. The largest absolute Gasteiger partial charge is 0.478 e. The predicted octanol–water partition coefficient (Wildman–Crippen LogP) is 5.58. The molecule has 0 amide bonds. The monoisotopic (exact) mass is 541 g/mol. The fourth-order valence-corrected chi connectivity index (χ4v) is 4.26. The zero-order chi connectivity index (χ0) is 28.4. The van der Waals surface area contributed by atoms with E-state index in [0.29, 0.717) is 24.5 Å². The molecule has 0 bridgehead atoms. The number of hydrogen-bond acceptors (Lipinski definition) is 5. The molecular formula is C29H30F3N3O4. The number of hydrogen-bond donors (Lipinski definition) is 2. The second-order valence-corrected chi connectivity index (χ2v) is 8.99. The van der Waals surface area contributed by atoms with Gasteiger partial charge in [-0.1, -0.05) is 48.5 Å². The SMILES string of the molecule is CN(CCCN1CC=C(c2cccc3ccccc23)CC1)c1cc(C(F)(F)F)ccn1.O=C(O)C=CC(=O)O. The van der Waals surface area contributed by atoms with Crippen LogP contribution in [0.4, 0.5) is 19.0 Å². The van der Waals surface area contributed by atoms with E-state index in [0.717, 1.165) is 44.6 Å². The van der Waals surface area contributed by atoms with E-state index in [1.807, 2.05) is 0 Å². The molecule has 10 heteroatoms. The van der Waals surface area contributed by atoms with E-state index in [1.165, 1.54) is 28.1 Å². The van der Waals surface area contributed by atoms with Gasteiger partial charge >= 0.3 is 18.1 Å². The molecule has 0 aliphatic carbocycles. The van der Waals surface area contributed by atoms with E-state index in [4.69, 9.17) is 10.2 Å². The van der Waals surface area contributed by atoms with Gasteiger partial charge in [0.05, 0.1) is 5.56 Å². The number of carboxylic acid groups (broad SMARTS) is 2. The minimum atomic E-state index is -4.35. The molecule has 2 aromatic carbocycles. The van der Waals surface area contributed by atoms with Crippen LogP contribution >= 0.6 is 0 Å². The number of nitrogens with zero attached hydrogens (tertiary/aromatic N) is 3. The third-order valence-electron chi connectivity index (χ3n) is 6.23. The zero-order valence-corrected chi connectivity index (χ0v) is 21.4. The van der Waals surface area contributed by atoms with Crippen molar-refractivity contribution < 1.29 is 33.0 Å². The molecule has 2 N–H and O–H groups in total. The summed E-state index contributed by atoms with van der Waals surface area (Å²) in [7, 11) is 1.79. The lowest BCUT2D eigenvalue weighted by Gasteiger charge is -2.28. The molecule has 0 unspecified atom stereocenters. The molecule has 0 radical (unpaired) electrons.